The zero-order chi connectivity index (χ0) is 20.7. The molecule has 1 fully saturated rings. The first-order valence-electron chi connectivity index (χ1n) is 8.26. The molecule has 0 spiro atoms. The number of ether oxygens (including phenoxy) is 3. The van der Waals surface area contributed by atoms with Crippen LogP contribution in [0.1, 0.15) is 5.56 Å². The quantitative estimate of drug-likeness (QED) is 0.583. The predicted octanol–water partition coefficient (Wildman–Crippen LogP) is 2.45. The average Bonchev–Trinajstić information content (AvgIpc) is 3.15. The van der Waals surface area contributed by atoms with Crippen molar-refractivity contribution in [3.8, 4) is 23.0 Å². The summed E-state index contributed by atoms with van der Waals surface area (Å²) in [5.41, 5.74) is 0.227. The molecule has 2 heterocycles. The second kappa shape index (κ2) is 7.02. The van der Waals surface area contributed by atoms with Crippen LogP contribution in [0.15, 0.2) is 35.9 Å². The van der Waals surface area contributed by atoms with Crippen molar-refractivity contribution in [3.63, 3.8) is 0 Å². The van der Waals surface area contributed by atoms with Gasteiger partial charge in [-0.25, -0.2) is 9.69 Å². The minimum Gasteiger partial charge on any atom is -0.503 e. The molecule has 10 heteroatoms. The number of nitrogens with zero attached hydrogens (tertiary/aromatic N) is 1. The van der Waals surface area contributed by atoms with Gasteiger partial charge in [-0.1, -0.05) is 11.6 Å². The number of benzene rings is 2. The summed E-state index contributed by atoms with van der Waals surface area (Å²) in [6.45, 7) is 0.0337. The first-order chi connectivity index (χ1) is 13.9. The maximum atomic E-state index is 12.9. The normalized spacial score (nSPS) is 17.0. The van der Waals surface area contributed by atoms with Crippen LogP contribution in [-0.4, -0.2) is 36.9 Å². The summed E-state index contributed by atoms with van der Waals surface area (Å²) >= 11 is 5.96. The number of hydrogen-bond acceptors (Lipinski definition) is 7. The number of hydrogen-bond donors (Lipinski definition) is 2. The minimum absolute atomic E-state index is 0.0245. The minimum atomic E-state index is -0.891. The smallest absolute Gasteiger partial charge is 0.335 e. The third kappa shape index (κ3) is 3.21. The summed E-state index contributed by atoms with van der Waals surface area (Å²) in [5.74, 6) is -1.04. The molecule has 1 saturated heterocycles. The fourth-order valence-corrected chi connectivity index (χ4v) is 3.13. The van der Waals surface area contributed by atoms with Crippen LogP contribution in [0.25, 0.3) is 6.08 Å². The van der Waals surface area contributed by atoms with Crippen molar-refractivity contribution in [1.29, 1.82) is 0 Å². The zero-order valence-corrected chi connectivity index (χ0v) is 15.6. The summed E-state index contributed by atoms with van der Waals surface area (Å²) < 4.78 is 15.5. The van der Waals surface area contributed by atoms with Gasteiger partial charge in [-0.3, -0.25) is 14.9 Å². The number of halogens is 1. The van der Waals surface area contributed by atoms with Gasteiger partial charge in [-0.05, 0) is 35.9 Å². The van der Waals surface area contributed by atoms with Gasteiger partial charge >= 0.3 is 6.03 Å². The van der Waals surface area contributed by atoms with Crippen molar-refractivity contribution in [1.82, 2.24) is 5.32 Å². The highest BCUT2D eigenvalue weighted by atomic mass is 35.5. The maximum absolute atomic E-state index is 12.9. The van der Waals surface area contributed by atoms with Crippen LogP contribution in [0, 0.1) is 0 Å². The van der Waals surface area contributed by atoms with E-state index in [4.69, 9.17) is 25.8 Å². The number of urea groups is 1. The molecule has 9 nitrogen and oxygen atoms in total. The number of carbonyl (C=O) groups excluding carboxylic acids is 3. The van der Waals surface area contributed by atoms with Crippen LogP contribution in [0.3, 0.4) is 0 Å². The fraction of sp³-hybridized carbons (Fsp3) is 0.105. The molecule has 0 atom stereocenters. The van der Waals surface area contributed by atoms with Crippen LogP contribution in [0.2, 0.25) is 5.02 Å². The van der Waals surface area contributed by atoms with E-state index in [0.717, 1.165) is 4.90 Å². The van der Waals surface area contributed by atoms with E-state index in [0.29, 0.717) is 17.1 Å². The van der Waals surface area contributed by atoms with Crippen molar-refractivity contribution in [2.45, 2.75) is 0 Å². The monoisotopic (exact) mass is 416 g/mol. The molecule has 2 aromatic rings. The summed E-state index contributed by atoms with van der Waals surface area (Å²) in [6.07, 6.45) is 1.25. The lowest BCUT2D eigenvalue weighted by Gasteiger charge is -2.26. The number of imide groups is 2. The Morgan fingerprint density at radius 3 is 2.69 bits per heavy atom. The number of anilines is 1. The molecule has 29 heavy (non-hydrogen) atoms. The van der Waals surface area contributed by atoms with E-state index in [1.165, 1.54) is 37.5 Å². The number of phenolic OH excluding ortho intramolecular Hbond substituents is 1. The van der Waals surface area contributed by atoms with Gasteiger partial charge in [0.15, 0.2) is 23.0 Å². The molecule has 0 aromatic heterocycles. The molecule has 148 valence electrons. The third-order valence-corrected chi connectivity index (χ3v) is 4.59. The zero-order valence-electron chi connectivity index (χ0n) is 14.9. The molecule has 0 bridgehead atoms. The Morgan fingerprint density at radius 2 is 1.93 bits per heavy atom. The van der Waals surface area contributed by atoms with Gasteiger partial charge in [0, 0.05) is 6.07 Å². The second-order valence-corrected chi connectivity index (χ2v) is 6.46. The van der Waals surface area contributed by atoms with E-state index in [2.05, 4.69) is 5.32 Å². The van der Waals surface area contributed by atoms with Gasteiger partial charge < -0.3 is 19.3 Å². The number of carbonyl (C=O) groups is 3. The van der Waals surface area contributed by atoms with Gasteiger partial charge in [0.25, 0.3) is 11.8 Å². The highest BCUT2D eigenvalue weighted by molar-refractivity contribution is 6.39. The fourth-order valence-electron chi connectivity index (χ4n) is 2.92. The first kappa shape index (κ1) is 18.6. The molecule has 2 aliphatic heterocycles. The van der Waals surface area contributed by atoms with Gasteiger partial charge in [-0.15, -0.1) is 0 Å². The molecule has 2 aromatic carbocycles. The Bertz CT molecular complexity index is 1100. The number of phenols is 1. The SMILES string of the molecule is COc1cc(/C=C2\C(=O)NC(=O)N(c3ccc4c(c3)OCO4)C2=O)cc(Cl)c1O. The van der Waals surface area contributed by atoms with Crippen molar-refractivity contribution in [2.24, 2.45) is 0 Å². The van der Waals surface area contributed by atoms with Gasteiger partial charge in [-0.2, -0.15) is 0 Å². The van der Waals surface area contributed by atoms with E-state index in [1.54, 1.807) is 6.07 Å². The molecule has 0 radical (unpaired) electrons. The Labute approximate surface area is 169 Å². The molecular formula is C19H13ClN2O7. The predicted molar refractivity (Wildman–Crippen MR) is 101 cm³/mol. The van der Waals surface area contributed by atoms with Gasteiger partial charge in [0.2, 0.25) is 6.79 Å². The Hall–Kier alpha value is -3.72. The molecule has 2 aliphatic rings. The molecule has 4 amide bonds. The van der Waals surface area contributed by atoms with Gasteiger partial charge in [0.05, 0.1) is 17.8 Å². The Balaban J connectivity index is 1.74. The molecule has 2 N–H and O–H groups in total. The molecule has 0 saturated carbocycles. The Kier molecular flexibility index (Phi) is 4.51. The van der Waals surface area contributed by atoms with Crippen molar-refractivity contribution in [2.75, 3.05) is 18.8 Å². The van der Waals surface area contributed by atoms with E-state index in [9.17, 15) is 19.5 Å². The number of methoxy groups -OCH3 is 1. The van der Waals surface area contributed by atoms with Gasteiger partial charge in [0.1, 0.15) is 5.57 Å². The van der Waals surface area contributed by atoms with Crippen molar-refractivity contribution in [3.05, 3.63) is 46.5 Å². The van der Waals surface area contributed by atoms with Crippen LogP contribution in [0.4, 0.5) is 10.5 Å². The number of rotatable bonds is 3. The second-order valence-electron chi connectivity index (χ2n) is 6.05. The molecule has 0 unspecified atom stereocenters. The van der Waals surface area contributed by atoms with Crippen LogP contribution >= 0.6 is 11.6 Å². The van der Waals surface area contributed by atoms with E-state index < -0.39 is 17.8 Å². The number of barbiturate groups is 1. The highest BCUT2D eigenvalue weighted by Gasteiger charge is 2.37. The standard InChI is InChI=1S/C19H13ClN2O7/c1-27-15-6-9(5-12(20)16(15)23)4-11-17(24)21-19(26)22(18(11)25)10-2-3-13-14(7-10)29-8-28-13/h2-7,23H,8H2,1H3,(H,21,24,26)/b11-4+. The van der Waals surface area contributed by atoms with Crippen molar-refractivity contribution >= 4 is 41.2 Å². The maximum Gasteiger partial charge on any atom is 0.335 e. The number of aromatic hydroxyl groups is 1. The summed E-state index contributed by atoms with van der Waals surface area (Å²) in [5, 5.41) is 11.9. The number of amides is 4. The lowest BCUT2D eigenvalue weighted by molar-refractivity contribution is -0.122. The number of nitrogens with one attached hydrogen (secondary N) is 1. The van der Waals surface area contributed by atoms with Crippen LogP contribution in [-0.2, 0) is 9.59 Å². The van der Waals surface area contributed by atoms with E-state index >= 15 is 0 Å². The molecular weight excluding hydrogens is 404 g/mol. The third-order valence-electron chi connectivity index (χ3n) is 4.30. The summed E-state index contributed by atoms with van der Waals surface area (Å²) in [4.78, 5) is 38.4. The highest BCUT2D eigenvalue weighted by Crippen LogP contribution is 2.37. The topological polar surface area (TPSA) is 114 Å². The summed E-state index contributed by atoms with van der Waals surface area (Å²) in [6, 6.07) is 6.39. The molecule has 4 rings (SSSR count). The molecule has 0 aliphatic carbocycles. The first-order valence-corrected chi connectivity index (χ1v) is 8.64. The van der Waals surface area contributed by atoms with Crippen LogP contribution in [0.5, 0.6) is 23.0 Å². The van der Waals surface area contributed by atoms with E-state index in [1.807, 2.05) is 0 Å². The number of fused-ring (bicyclic) bond motifs is 1. The average molecular weight is 417 g/mol. The summed E-state index contributed by atoms with van der Waals surface area (Å²) in [7, 11) is 1.33. The Morgan fingerprint density at radius 1 is 1.17 bits per heavy atom. The van der Waals surface area contributed by atoms with Crippen LogP contribution < -0.4 is 24.4 Å². The van der Waals surface area contributed by atoms with E-state index in [-0.39, 0.29) is 34.6 Å². The van der Waals surface area contributed by atoms with Crippen molar-refractivity contribution < 1.29 is 33.7 Å². The largest absolute Gasteiger partial charge is 0.503 e. The lowest BCUT2D eigenvalue weighted by atomic mass is 10.1. The lowest BCUT2D eigenvalue weighted by Crippen LogP contribution is -2.54.